The van der Waals surface area contributed by atoms with Crippen LogP contribution in [0, 0.1) is 5.82 Å². The molecule has 1 aromatic heterocycles. The zero-order valence-electron chi connectivity index (χ0n) is 24.8. The lowest BCUT2D eigenvalue weighted by molar-refractivity contribution is 0.0664. The van der Waals surface area contributed by atoms with Crippen LogP contribution in [0.15, 0.2) is 78.9 Å². The molecule has 0 spiro atoms. The highest BCUT2D eigenvalue weighted by Crippen LogP contribution is 2.42. The van der Waals surface area contributed by atoms with Crippen LogP contribution >= 0.6 is 0 Å². The van der Waals surface area contributed by atoms with Crippen LogP contribution in [0.3, 0.4) is 0 Å². The van der Waals surface area contributed by atoms with Crippen molar-refractivity contribution in [2.45, 2.75) is 0 Å². The Bertz CT molecular complexity index is 1910. The largest absolute Gasteiger partial charge is 0.366 e. The van der Waals surface area contributed by atoms with Crippen LogP contribution in [-0.4, -0.2) is 84.8 Å². The summed E-state index contributed by atoms with van der Waals surface area (Å²) < 4.78 is 16.0. The molecule has 0 bridgehead atoms. The summed E-state index contributed by atoms with van der Waals surface area (Å²) in [6.07, 6.45) is 0. The number of hydrogen-bond donors (Lipinski definition) is 2. The maximum Gasteiger partial charge on any atom is 0.272 e. The zero-order chi connectivity index (χ0) is 31.1. The number of aromatic amines is 1. The summed E-state index contributed by atoms with van der Waals surface area (Å²) in [6, 6.07) is 21.9. The Labute approximate surface area is 254 Å². The summed E-state index contributed by atoms with van der Waals surface area (Å²) >= 11 is 0. The topological polar surface area (TPSA) is 106 Å². The molecule has 0 aliphatic carbocycles. The Morgan fingerprint density at radius 3 is 2.27 bits per heavy atom. The number of primary amides is 1. The smallest absolute Gasteiger partial charge is 0.272 e. The molecule has 2 heterocycles. The molecule has 0 unspecified atom stereocenters. The van der Waals surface area contributed by atoms with Gasteiger partial charge in [0.15, 0.2) is 0 Å². The van der Waals surface area contributed by atoms with E-state index in [1.54, 1.807) is 79.8 Å². The summed E-state index contributed by atoms with van der Waals surface area (Å²) in [5.41, 5.74) is 8.97. The Hall–Kier alpha value is -5.06. The van der Waals surface area contributed by atoms with Crippen LogP contribution in [0.4, 0.5) is 10.1 Å². The molecule has 1 aliphatic heterocycles. The van der Waals surface area contributed by atoms with Gasteiger partial charge in [0.1, 0.15) is 5.82 Å². The Kier molecular flexibility index (Phi) is 7.62. The molecule has 0 radical (unpaired) electrons. The number of nitrogens with two attached hydrogens (primary N) is 1. The number of anilines is 1. The fourth-order valence-electron chi connectivity index (χ4n) is 5.92. The summed E-state index contributed by atoms with van der Waals surface area (Å²) in [4.78, 5) is 46.9. The number of piperazine rings is 1. The van der Waals surface area contributed by atoms with Crippen LogP contribution in [0.2, 0.25) is 0 Å². The van der Waals surface area contributed by atoms with Gasteiger partial charge in [-0.15, -0.1) is 0 Å². The molecule has 224 valence electrons. The van der Waals surface area contributed by atoms with Crippen molar-refractivity contribution in [3.05, 3.63) is 101 Å². The molecule has 9 nitrogen and oxygen atoms in total. The van der Waals surface area contributed by atoms with Crippen LogP contribution in [0.5, 0.6) is 0 Å². The van der Waals surface area contributed by atoms with E-state index in [9.17, 15) is 14.4 Å². The highest BCUT2D eigenvalue weighted by Gasteiger charge is 2.28. The molecule has 3 N–H and O–H groups in total. The Morgan fingerprint density at radius 2 is 1.59 bits per heavy atom. The van der Waals surface area contributed by atoms with E-state index in [1.165, 1.54) is 11.1 Å². The SMILES string of the molecule is CN1CCN(C(=O)c2ccc3c(c2)[nH]c2c(C(N)=O)ccc(-c4c(F)cccc4N(C(=O)c4ccccc4)N(C)C)c23)CC1. The first-order chi connectivity index (χ1) is 21.2. The fourth-order valence-corrected chi connectivity index (χ4v) is 5.92. The fraction of sp³-hybridized carbons (Fsp3) is 0.206. The van der Waals surface area contributed by atoms with Gasteiger partial charge in [-0.25, -0.2) is 14.4 Å². The first kappa shape index (κ1) is 29.0. The highest BCUT2D eigenvalue weighted by atomic mass is 19.1. The van der Waals surface area contributed by atoms with Gasteiger partial charge in [0, 0.05) is 73.3 Å². The molecule has 1 saturated heterocycles. The average molecular weight is 593 g/mol. The van der Waals surface area contributed by atoms with Crippen molar-refractivity contribution >= 4 is 45.2 Å². The molecule has 1 fully saturated rings. The van der Waals surface area contributed by atoms with Crippen LogP contribution in [0.1, 0.15) is 31.1 Å². The third-order valence-corrected chi connectivity index (χ3v) is 8.16. The number of hydrogen-bond acceptors (Lipinski definition) is 5. The molecule has 4 aromatic carbocycles. The second kappa shape index (κ2) is 11.6. The van der Waals surface area contributed by atoms with E-state index >= 15 is 4.39 Å². The predicted octanol–water partition coefficient (Wildman–Crippen LogP) is 4.74. The number of hydrazine groups is 1. The van der Waals surface area contributed by atoms with Gasteiger partial charge in [0.2, 0.25) is 0 Å². The molecule has 44 heavy (non-hydrogen) atoms. The van der Waals surface area contributed by atoms with Crippen LogP contribution in [0.25, 0.3) is 32.9 Å². The molecular weight excluding hydrogens is 559 g/mol. The molecule has 1 aliphatic rings. The van der Waals surface area contributed by atoms with Gasteiger partial charge in [-0.3, -0.25) is 14.4 Å². The summed E-state index contributed by atoms with van der Waals surface area (Å²) in [6.45, 7) is 2.87. The van der Waals surface area contributed by atoms with Crippen molar-refractivity contribution in [2.75, 3.05) is 52.3 Å². The molecule has 0 saturated carbocycles. The standard InChI is InChI=1S/C34H33FN6O3/c1-38(2)41(34(44)21-8-5-4-6-9-21)28-11-7-10-26(35)30(28)24-14-15-25(32(36)42)31-29(24)23-13-12-22(20-27(23)37-31)33(43)40-18-16-39(3)17-19-40/h4-15,20,37H,16-19H2,1-3H3,(H2,36,42). The van der Waals surface area contributed by atoms with Crippen molar-refractivity contribution in [1.82, 2.24) is 19.8 Å². The quantitative estimate of drug-likeness (QED) is 0.277. The molecule has 3 amide bonds. The van der Waals surface area contributed by atoms with Gasteiger partial charge in [0.05, 0.1) is 16.8 Å². The first-order valence-electron chi connectivity index (χ1n) is 14.4. The van der Waals surface area contributed by atoms with E-state index < -0.39 is 11.7 Å². The first-order valence-corrected chi connectivity index (χ1v) is 14.4. The number of halogens is 1. The lowest BCUT2D eigenvalue weighted by atomic mass is 9.94. The molecular formula is C34H33FN6O3. The Morgan fingerprint density at radius 1 is 0.864 bits per heavy atom. The lowest BCUT2D eigenvalue weighted by Gasteiger charge is -2.32. The van der Waals surface area contributed by atoms with Gasteiger partial charge in [-0.1, -0.05) is 36.4 Å². The molecule has 10 heteroatoms. The predicted molar refractivity (Wildman–Crippen MR) is 170 cm³/mol. The summed E-state index contributed by atoms with van der Waals surface area (Å²) in [5, 5.41) is 4.28. The van der Waals surface area contributed by atoms with E-state index in [0.29, 0.717) is 57.3 Å². The molecule has 6 rings (SSSR count). The maximum atomic E-state index is 16.0. The van der Waals surface area contributed by atoms with Gasteiger partial charge in [-0.2, -0.15) is 0 Å². The van der Waals surface area contributed by atoms with E-state index in [0.717, 1.165) is 13.1 Å². The lowest BCUT2D eigenvalue weighted by Crippen LogP contribution is -2.47. The monoisotopic (exact) mass is 592 g/mol. The number of H-pyrrole nitrogens is 1. The number of carbonyl (C=O) groups excluding carboxylic acids is 3. The van der Waals surface area contributed by atoms with Crippen molar-refractivity contribution in [3.63, 3.8) is 0 Å². The maximum absolute atomic E-state index is 16.0. The second-order valence-corrected chi connectivity index (χ2v) is 11.2. The minimum Gasteiger partial charge on any atom is -0.366 e. The van der Waals surface area contributed by atoms with Crippen LogP contribution in [-0.2, 0) is 0 Å². The van der Waals surface area contributed by atoms with Gasteiger partial charge in [0.25, 0.3) is 17.7 Å². The van der Waals surface area contributed by atoms with Crippen molar-refractivity contribution < 1.29 is 18.8 Å². The van der Waals surface area contributed by atoms with Crippen molar-refractivity contribution in [3.8, 4) is 11.1 Å². The number of aromatic nitrogens is 1. The normalized spacial score (nSPS) is 14.0. The number of nitrogens with zero attached hydrogens (tertiary/aromatic N) is 4. The highest BCUT2D eigenvalue weighted by molar-refractivity contribution is 6.21. The van der Waals surface area contributed by atoms with Gasteiger partial charge < -0.3 is 20.5 Å². The molecule has 0 atom stereocenters. The number of benzene rings is 4. The van der Waals surface area contributed by atoms with Gasteiger partial charge >= 0.3 is 0 Å². The average Bonchev–Trinajstić information content (AvgIpc) is 3.40. The third-order valence-electron chi connectivity index (χ3n) is 8.16. The second-order valence-electron chi connectivity index (χ2n) is 11.2. The van der Waals surface area contributed by atoms with Crippen molar-refractivity contribution in [2.24, 2.45) is 5.73 Å². The van der Waals surface area contributed by atoms with E-state index in [2.05, 4.69) is 9.88 Å². The third kappa shape index (κ3) is 5.08. The van der Waals surface area contributed by atoms with Crippen molar-refractivity contribution in [1.29, 1.82) is 0 Å². The number of rotatable bonds is 6. The number of amides is 3. The number of fused-ring (bicyclic) bond motifs is 3. The Balaban J connectivity index is 1.55. The van der Waals surface area contributed by atoms with Crippen LogP contribution < -0.4 is 10.7 Å². The molecule has 5 aromatic rings. The minimum atomic E-state index is -0.648. The number of likely N-dealkylation sites (N-methyl/N-ethyl adjacent to an activating group) is 1. The summed E-state index contributed by atoms with van der Waals surface area (Å²) in [5.74, 6) is -1.60. The van der Waals surface area contributed by atoms with E-state index in [4.69, 9.17) is 5.73 Å². The zero-order valence-corrected chi connectivity index (χ0v) is 24.8. The van der Waals surface area contributed by atoms with E-state index in [1.807, 2.05) is 24.1 Å². The summed E-state index contributed by atoms with van der Waals surface area (Å²) in [7, 11) is 5.46. The number of nitrogens with one attached hydrogen (secondary N) is 1. The minimum absolute atomic E-state index is 0.0774. The van der Waals surface area contributed by atoms with E-state index in [-0.39, 0.29) is 22.9 Å². The number of carbonyl (C=O) groups is 3. The van der Waals surface area contributed by atoms with Gasteiger partial charge in [-0.05, 0) is 55.1 Å².